The second kappa shape index (κ2) is 6.32. The van der Waals surface area contributed by atoms with Crippen molar-refractivity contribution in [3.05, 3.63) is 35.4 Å². The van der Waals surface area contributed by atoms with Crippen LogP contribution in [0, 0.1) is 0 Å². The summed E-state index contributed by atoms with van der Waals surface area (Å²) in [6, 6.07) is 7.28. The Labute approximate surface area is 134 Å². The first kappa shape index (κ1) is 16.9. The number of hydrogen-bond donors (Lipinski definition) is 0. The molecule has 0 saturated carbocycles. The highest BCUT2D eigenvalue weighted by Crippen LogP contribution is 2.34. The number of imide groups is 1. The van der Waals surface area contributed by atoms with E-state index in [1.165, 1.54) is 4.90 Å². The molecule has 1 atom stereocenters. The van der Waals surface area contributed by atoms with Crippen molar-refractivity contribution in [2.45, 2.75) is 44.8 Å². The summed E-state index contributed by atoms with van der Waals surface area (Å²) in [5.41, 5.74) is 0.672. The van der Waals surface area contributed by atoms with Crippen LogP contribution in [0.1, 0.15) is 50.0 Å². The average Bonchev–Trinajstić information content (AvgIpc) is 2.48. The fourth-order valence-corrected chi connectivity index (χ4v) is 3.59. The lowest BCUT2D eigenvalue weighted by Gasteiger charge is -2.37. The van der Waals surface area contributed by atoms with Gasteiger partial charge in [-0.2, -0.15) is 0 Å². The monoisotopic (exact) mass is 321 g/mol. The van der Waals surface area contributed by atoms with E-state index in [-0.39, 0.29) is 17.1 Å². The van der Waals surface area contributed by atoms with Crippen LogP contribution in [-0.4, -0.2) is 38.5 Å². The molecule has 0 radical (unpaired) electrons. The van der Waals surface area contributed by atoms with Crippen LogP contribution in [-0.2, 0) is 21.0 Å². The predicted octanol–water partition coefficient (Wildman–Crippen LogP) is 2.49. The maximum atomic E-state index is 12.7. The third-order valence-electron chi connectivity index (χ3n) is 4.11. The predicted molar refractivity (Wildman–Crippen MR) is 88.3 cm³/mol. The van der Waals surface area contributed by atoms with Crippen molar-refractivity contribution >= 4 is 22.6 Å². The molecule has 1 heterocycles. The molecule has 0 fully saturated rings. The average molecular weight is 321 g/mol. The lowest BCUT2D eigenvalue weighted by molar-refractivity contribution is -0.134. The summed E-state index contributed by atoms with van der Waals surface area (Å²) in [5.74, 6) is 0.0957. The van der Waals surface area contributed by atoms with Gasteiger partial charge in [-0.1, -0.05) is 32.0 Å². The van der Waals surface area contributed by atoms with Crippen molar-refractivity contribution in [2.75, 3.05) is 12.3 Å². The Morgan fingerprint density at radius 3 is 2.45 bits per heavy atom. The smallest absolute Gasteiger partial charge is 0.260 e. The minimum absolute atomic E-state index is 0.102. The molecular weight excluding hydrogens is 298 g/mol. The van der Waals surface area contributed by atoms with Gasteiger partial charge in [0.05, 0.1) is 5.41 Å². The van der Waals surface area contributed by atoms with E-state index in [9.17, 15) is 13.8 Å². The van der Waals surface area contributed by atoms with Crippen LogP contribution >= 0.6 is 0 Å². The van der Waals surface area contributed by atoms with Crippen LogP contribution in [0.3, 0.4) is 0 Å². The number of carbonyl (C=O) groups excluding carboxylic acids is 2. The van der Waals surface area contributed by atoms with E-state index in [0.29, 0.717) is 24.3 Å². The Bertz CT molecular complexity index is 622. The first-order chi connectivity index (χ1) is 10.3. The first-order valence-electron chi connectivity index (χ1n) is 7.59. The molecule has 1 aliphatic rings. The van der Waals surface area contributed by atoms with Gasteiger partial charge in [0, 0.05) is 33.9 Å². The van der Waals surface area contributed by atoms with Gasteiger partial charge in [-0.15, -0.1) is 0 Å². The summed E-state index contributed by atoms with van der Waals surface area (Å²) in [4.78, 5) is 26.5. The molecule has 0 spiro atoms. The molecule has 2 rings (SSSR count). The zero-order valence-electron chi connectivity index (χ0n) is 13.6. The standard InChI is InChI=1S/C17H23NO3S/c1-12(2)22(21)11-7-10-18-15(19)13-8-5-6-9-14(13)17(3,4)16(18)20/h5-6,8-9,12H,7,10-11H2,1-4H3. The minimum atomic E-state index is -0.912. The fraction of sp³-hybridized carbons (Fsp3) is 0.529. The van der Waals surface area contributed by atoms with Crippen molar-refractivity contribution in [3.63, 3.8) is 0 Å². The second-order valence-corrected chi connectivity index (χ2v) is 8.53. The molecule has 5 heteroatoms. The van der Waals surface area contributed by atoms with Crippen molar-refractivity contribution < 1.29 is 13.8 Å². The van der Waals surface area contributed by atoms with Gasteiger partial charge < -0.3 is 0 Å². The maximum Gasteiger partial charge on any atom is 0.260 e. The summed E-state index contributed by atoms with van der Waals surface area (Å²) in [6.07, 6.45) is 0.570. The third kappa shape index (κ3) is 3.00. The van der Waals surface area contributed by atoms with Gasteiger partial charge in [-0.25, -0.2) is 0 Å². The van der Waals surface area contributed by atoms with Crippen LogP contribution in [0.5, 0.6) is 0 Å². The van der Waals surface area contributed by atoms with Gasteiger partial charge in [0.1, 0.15) is 0 Å². The molecule has 1 aromatic rings. The van der Waals surface area contributed by atoms with E-state index >= 15 is 0 Å². The van der Waals surface area contributed by atoms with Gasteiger partial charge >= 0.3 is 0 Å². The van der Waals surface area contributed by atoms with Gasteiger partial charge in [0.2, 0.25) is 5.91 Å². The lowest BCUT2D eigenvalue weighted by atomic mass is 9.77. The van der Waals surface area contributed by atoms with E-state index in [0.717, 1.165) is 5.56 Å². The number of rotatable bonds is 5. The Morgan fingerprint density at radius 1 is 1.18 bits per heavy atom. The molecule has 0 aliphatic carbocycles. The molecule has 22 heavy (non-hydrogen) atoms. The van der Waals surface area contributed by atoms with Crippen LogP contribution in [0.2, 0.25) is 0 Å². The van der Waals surface area contributed by atoms with Crippen molar-refractivity contribution in [3.8, 4) is 0 Å². The number of benzene rings is 1. The molecule has 2 amide bonds. The molecule has 0 N–H and O–H groups in total. The molecule has 0 bridgehead atoms. The molecule has 0 aromatic heterocycles. The Hall–Kier alpha value is -1.49. The Balaban J connectivity index is 2.19. The highest BCUT2D eigenvalue weighted by atomic mass is 32.2. The normalized spacial score (nSPS) is 18.5. The summed E-state index contributed by atoms with van der Waals surface area (Å²) in [6.45, 7) is 7.84. The van der Waals surface area contributed by atoms with E-state index in [4.69, 9.17) is 0 Å². The number of fused-ring (bicyclic) bond motifs is 1. The van der Waals surface area contributed by atoms with Crippen LogP contribution in [0.15, 0.2) is 24.3 Å². The topological polar surface area (TPSA) is 54.5 Å². The number of amides is 2. The van der Waals surface area contributed by atoms with Gasteiger partial charge in [-0.05, 0) is 31.9 Å². The highest BCUT2D eigenvalue weighted by molar-refractivity contribution is 7.85. The first-order valence-corrected chi connectivity index (χ1v) is 8.98. The van der Waals surface area contributed by atoms with E-state index in [2.05, 4.69) is 0 Å². The van der Waals surface area contributed by atoms with Crippen LogP contribution in [0.4, 0.5) is 0 Å². The quantitative estimate of drug-likeness (QED) is 0.783. The number of carbonyl (C=O) groups is 2. The largest absolute Gasteiger partial charge is 0.278 e. The second-order valence-electron chi connectivity index (χ2n) is 6.42. The highest BCUT2D eigenvalue weighted by Gasteiger charge is 2.43. The van der Waals surface area contributed by atoms with Gasteiger partial charge in [0.15, 0.2) is 0 Å². The molecule has 4 nitrogen and oxygen atoms in total. The van der Waals surface area contributed by atoms with Gasteiger partial charge in [-0.3, -0.25) is 18.7 Å². The van der Waals surface area contributed by atoms with E-state index < -0.39 is 16.2 Å². The SMILES string of the molecule is CC(C)S(=O)CCCN1C(=O)c2ccccc2C(C)(C)C1=O. The molecule has 1 aliphatic heterocycles. The summed E-state index contributed by atoms with van der Waals surface area (Å²) < 4.78 is 11.8. The molecule has 120 valence electrons. The number of nitrogens with zero attached hydrogens (tertiary/aromatic N) is 1. The molecule has 1 unspecified atom stereocenters. The summed E-state index contributed by atoms with van der Waals surface area (Å²) >= 11 is 0. The number of hydrogen-bond acceptors (Lipinski definition) is 3. The fourth-order valence-electron chi connectivity index (χ4n) is 2.71. The molecule has 0 saturated heterocycles. The van der Waals surface area contributed by atoms with E-state index in [1.807, 2.05) is 45.9 Å². The minimum Gasteiger partial charge on any atom is -0.278 e. The Kier molecular flexibility index (Phi) is 4.85. The maximum absolute atomic E-state index is 12.7. The zero-order chi connectivity index (χ0) is 16.5. The van der Waals surface area contributed by atoms with Gasteiger partial charge in [0.25, 0.3) is 5.91 Å². The van der Waals surface area contributed by atoms with Crippen molar-refractivity contribution in [2.24, 2.45) is 0 Å². The van der Waals surface area contributed by atoms with Crippen molar-refractivity contribution in [1.29, 1.82) is 0 Å². The third-order valence-corrected chi connectivity index (χ3v) is 5.85. The molecular formula is C17H23NO3S. The van der Waals surface area contributed by atoms with Crippen LogP contribution in [0.25, 0.3) is 0 Å². The lowest BCUT2D eigenvalue weighted by Crippen LogP contribution is -2.52. The summed E-state index contributed by atoms with van der Waals surface area (Å²) in [5, 5.41) is 0.102. The zero-order valence-corrected chi connectivity index (χ0v) is 14.4. The van der Waals surface area contributed by atoms with Crippen LogP contribution < -0.4 is 0 Å². The van der Waals surface area contributed by atoms with Crippen molar-refractivity contribution in [1.82, 2.24) is 4.90 Å². The summed E-state index contributed by atoms with van der Waals surface area (Å²) in [7, 11) is -0.912. The van der Waals surface area contributed by atoms with E-state index in [1.54, 1.807) is 6.07 Å². The Morgan fingerprint density at radius 2 is 1.82 bits per heavy atom. The molecule has 1 aromatic carbocycles.